The fourth-order valence-electron chi connectivity index (χ4n) is 2.63. The van der Waals surface area contributed by atoms with Crippen LogP contribution in [-0.2, 0) is 20.2 Å². The quantitative estimate of drug-likeness (QED) is 0.468. The van der Waals surface area contributed by atoms with Crippen molar-refractivity contribution in [1.29, 1.82) is 0 Å². The lowest BCUT2D eigenvalue weighted by Gasteiger charge is -2.09. The van der Waals surface area contributed by atoms with Crippen molar-refractivity contribution in [3.05, 3.63) is 86.2 Å². The Morgan fingerprint density at radius 3 is 2.59 bits per heavy atom. The molecule has 1 amide bonds. The Kier molecular flexibility index (Phi) is 6.13. The Labute approximate surface area is 172 Å². The number of carbonyl (C=O) groups excluding carboxylic acids is 1. The summed E-state index contributed by atoms with van der Waals surface area (Å²) in [4.78, 5) is 22.5. The van der Waals surface area contributed by atoms with Gasteiger partial charge in [0.25, 0.3) is 11.6 Å². The second-order valence-electron chi connectivity index (χ2n) is 6.42. The van der Waals surface area contributed by atoms with Crippen molar-refractivity contribution in [2.24, 2.45) is 7.05 Å². The van der Waals surface area contributed by atoms with Gasteiger partial charge >= 0.3 is 0 Å². The summed E-state index contributed by atoms with van der Waals surface area (Å²) in [5.41, 5.74) is 3.23. The third kappa shape index (κ3) is 4.91. The lowest BCUT2D eigenvalue weighted by atomic mass is 10.1. The van der Waals surface area contributed by atoms with Crippen LogP contribution in [0.5, 0.6) is 5.75 Å². The molecule has 0 saturated heterocycles. The van der Waals surface area contributed by atoms with Gasteiger partial charge in [0.15, 0.2) is 0 Å². The summed E-state index contributed by atoms with van der Waals surface area (Å²) in [7, 11) is 1.85. The summed E-state index contributed by atoms with van der Waals surface area (Å²) in [6.07, 6.45) is 1.74. The minimum Gasteiger partial charge on any atom is -0.487 e. The van der Waals surface area contributed by atoms with Crippen LogP contribution in [0.15, 0.2) is 48.7 Å². The van der Waals surface area contributed by atoms with Gasteiger partial charge in [0.2, 0.25) is 0 Å². The summed E-state index contributed by atoms with van der Waals surface area (Å²) < 4.78 is 7.37. The molecular weight excluding hydrogens is 396 g/mol. The molecule has 1 heterocycles. The number of nitro benzene ring substituents is 1. The number of benzene rings is 2. The van der Waals surface area contributed by atoms with Gasteiger partial charge in [-0.3, -0.25) is 19.6 Å². The van der Waals surface area contributed by atoms with Gasteiger partial charge in [-0.1, -0.05) is 23.7 Å². The molecular formula is C20H19ClN4O4. The highest BCUT2D eigenvalue weighted by Crippen LogP contribution is 2.29. The number of amides is 1. The highest BCUT2D eigenvalue weighted by Gasteiger charge is 2.11. The minimum absolute atomic E-state index is 0.0980. The summed E-state index contributed by atoms with van der Waals surface area (Å²) >= 11 is 6.02. The van der Waals surface area contributed by atoms with E-state index in [1.807, 2.05) is 14.0 Å². The molecule has 0 aliphatic carbocycles. The Morgan fingerprint density at radius 1 is 1.28 bits per heavy atom. The van der Waals surface area contributed by atoms with E-state index in [2.05, 4.69) is 10.4 Å². The van der Waals surface area contributed by atoms with Crippen LogP contribution < -0.4 is 10.1 Å². The molecule has 9 heteroatoms. The van der Waals surface area contributed by atoms with Crippen molar-refractivity contribution < 1.29 is 14.5 Å². The first-order valence-corrected chi connectivity index (χ1v) is 9.14. The number of non-ortho nitro benzene ring substituents is 1. The van der Waals surface area contributed by atoms with Gasteiger partial charge in [0, 0.05) is 42.5 Å². The van der Waals surface area contributed by atoms with Crippen LogP contribution in [0.3, 0.4) is 0 Å². The van der Waals surface area contributed by atoms with Crippen LogP contribution in [0.2, 0.25) is 5.02 Å². The first-order chi connectivity index (χ1) is 13.8. The number of nitro groups is 1. The van der Waals surface area contributed by atoms with Crippen molar-refractivity contribution >= 4 is 23.2 Å². The smallest absolute Gasteiger partial charge is 0.271 e. The molecule has 150 valence electrons. The van der Waals surface area contributed by atoms with Gasteiger partial charge in [-0.05, 0) is 30.7 Å². The Morgan fingerprint density at radius 2 is 2.00 bits per heavy atom. The molecule has 1 aromatic heterocycles. The molecule has 1 N–H and O–H groups in total. The van der Waals surface area contributed by atoms with Crippen molar-refractivity contribution in [1.82, 2.24) is 15.1 Å². The van der Waals surface area contributed by atoms with E-state index in [1.165, 1.54) is 18.2 Å². The number of aryl methyl sites for hydroxylation is 1. The molecule has 0 bridgehead atoms. The molecule has 3 rings (SSSR count). The largest absolute Gasteiger partial charge is 0.487 e. The van der Waals surface area contributed by atoms with E-state index in [0.717, 1.165) is 16.8 Å². The zero-order valence-electron chi connectivity index (χ0n) is 15.9. The Balaban J connectivity index is 1.56. The fourth-order valence-corrected chi connectivity index (χ4v) is 2.86. The second-order valence-corrected chi connectivity index (χ2v) is 6.83. The number of nitrogens with one attached hydrogen (secondary N) is 1. The standard InChI is InChI=1S/C20H19ClN4O4/c1-13-16(11-23-24(13)2)10-22-20(26)15-5-3-14(4-6-15)12-29-19-8-7-17(25(27)28)9-18(19)21/h3-9,11H,10,12H2,1-2H3,(H,22,26). The topological polar surface area (TPSA) is 99.3 Å². The molecule has 0 fully saturated rings. The first-order valence-electron chi connectivity index (χ1n) is 8.76. The lowest BCUT2D eigenvalue weighted by molar-refractivity contribution is -0.384. The molecule has 0 aliphatic rings. The summed E-state index contributed by atoms with van der Waals surface area (Å²) in [6, 6.07) is 11.0. The predicted octanol–water partition coefficient (Wildman–Crippen LogP) is 3.80. The Bertz CT molecular complexity index is 1050. The van der Waals surface area contributed by atoms with E-state index >= 15 is 0 Å². The molecule has 0 aliphatic heterocycles. The van der Waals surface area contributed by atoms with Gasteiger partial charge < -0.3 is 10.1 Å². The molecule has 8 nitrogen and oxygen atoms in total. The van der Waals surface area contributed by atoms with Crippen molar-refractivity contribution in [3.63, 3.8) is 0 Å². The van der Waals surface area contributed by atoms with Crippen LogP contribution >= 0.6 is 11.6 Å². The third-order valence-corrected chi connectivity index (χ3v) is 4.81. The monoisotopic (exact) mass is 414 g/mol. The van der Waals surface area contributed by atoms with Crippen molar-refractivity contribution in [2.45, 2.75) is 20.1 Å². The van der Waals surface area contributed by atoms with Crippen LogP contribution in [0.1, 0.15) is 27.2 Å². The number of ether oxygens (including phenoxy) is 1. The van der Waals surface area contributed by atoms with E-state index in [9.17, 15) is 14.9 Å². The van der Waals surface area contributed by atoms with Crippen LogP contribution in [0, 0.1) is 17.0 Å². The van der Waals surface area contributed by atoms with Gasteiger partial charge in [-0.15, -0.1) is 0 Å². The first kappa shape index (κ1) is 20.3. The highest BCUT2D eigenvalue weighted by molar-refractivity contribution is 6.32. The van der Waals surface area contributed by atoms with E-state index in [1.54, 1.807) is 35.1 Å². The van der Waals surface area contributed by atoms with Crippen LogP contribution in [0.25, 0.3) is 0 Å². The number of carbonyl (C=O) groups is 1. The van der Waals surface area contributed by atoms with Crippen LogP contribution in [-0.4, -0.2) is 20.6 Å². The van der Waals surface area contributed by atoms with Gasteiger partial charge in [0.1, 0.15) is 12.4 Å². The highest BCUT2D eigenvalue weighted by atomic mass is 35.5. The van der Waals surface area contributed by atoms with Gasteiger partial charge in [-0.2, -0.15) is 5.10 Å². The predicted molar refractivity (Wildman–Crippen MR) is 108 cm³/mol. The molecule has 0 spiro atoms. The summed E-state index contributed by atoms with van der Waals surface area (Å²) in [6.45, 7) is 2.57. The minimum atomic E-state index is -0.519. The Hall–Kier alpha value is -3.39. The normalized spacial score (nSPS) is 10.6. The third-order valence-electron chi connectivity index (χ3n) is 4.51. The zero-order valence-corrected chi connectivity index (χ0v) is 16.6. The number of nitrogens with zero attached hydrogens (tertiary/aromatic N) is 3. The van der Waals surface area contributed by atoms with Gasteiger partial charge in [-0.25, -0.2) is 0 Å². The average Bonchev–Trinajstić information content (AvgIpc) is 3.03. The molecule has 2 aromatic carbocycles. The molecule has 0 atom stereocenters. The molecule has 29 heavy (non-hydrogen) atoms. The maximum Gasteiger partial charge on any atom is 0.271 e. The number of rotatable bonds is 7. The SMILES string of the molecule is Cc1c(CNC(=O)c2ccc(COc3ccc([N+](=O)[O-])cc3Cl)cc2)cnn1C. The van der Waals surface area contributed by atoms with Gasteiger partial charge in [0.05, 0.1) is 16.1 Å². The fraction of sp³-hybridized carbons (Fsp3) is 0.200. The van der Waals surface area contributed by atoms with Crippen molar-refractivity contribution in [2.75, 3.05) is 0 Å². The summed E-state index contributed by atoms with van der Waals surface area (Å²) in [5.74, 6) is 0.171. The number of aromatic nitrogens is 2. The lowest BCUT2D eigenvalue weighted by Crippen LogP contribution is -2.23. The number of hydrogen-bond acceptors (Lipinski definition) is 5. The van der Waals surface area contributed by atoms with E-state index < -0.39 is 4.92 Å². The molecule has 0 unspecified atom stereocenters. The number of halogens is 1. The molecule has 3 aromatic rings. The van der Waals surface area contributed by atoms with Crippen molar-refractivity contribution in [3.8, 4) is 5.75 Å². The van der Waals surface area contributed by atoms with E-state index in [0.29, 0.717) is 17.9 Å². The van der Waals surface area contributed by atoms with E-state index in [4.69, 9.17) is 16.3 Å². The maximum absolute atomic E-state index is 12.3. The zero-order chi connectivity index (χ0) is 21.0. The van der Waals surface area contributed by atoms with Crippen LogP contribution in [0.4, 0.5) is 5.69 Å². The van der Waals surface area contributed by atoms with E-state index in [-0.39, 0.29) is 23.2 Å². The number of hydrogen-bond donors (Lipinski definition) is 1. The average molecular weight is 415 g/mol. The molecule has 0 radical (unpaired) electrons. The second kappa shape index (κ2) is 8.74. The maximum atomic E-state index is 12.3. The molecule has 0 saturated carbocycles. The summed E-state index contributed by atoms with van der Waals surface area (Å²) in [5, 5.41) is 17.9.